The number of carbonyl (C=O) groups excluding carboxylic acids is 2. The number of hydrogen-bond acceptors (Lipinski definition) is 5. The average molecular weight is 460 g/mol. The Bertz CT molecular complexity index is 1140. The van der Waals surface area contributed by atoms with Gasteiger partial charge in [0.25, 0.3) is 11.1 Å². The molecule has 8 heteroatoms. The summed E-state index contributed by atoms with van der Waals surface area (Å²) in [4.78, 5) is 27.2. The number of carbonyl (C=O) groups is 2. The zero-order valence-corrected chi connectivity index (χ0v) is 18.1. The molecule has 0 aliphatic carbocycles. The van der Waals surface area contributed by atoms with Crippen LogP contribution in [0.1, 0.15) is 16.9 Å². The van der Waals surface area contributed by atoms with Gasteiger partial charge >= 0.3 is 0 Å². The number of nitrogens with zero attached hydrogens (tertiary/aromatic N) is 1. The van der Waals surface area contributed by atoms with Crippen LogP contribution < -0.4 is 0 Å². The Hall–Kier alpha value is -2.48. The number of halogens is 2. The molecule has 0 radical (unpaired) electrons. The smallest absolute Gasteiger partial charge is 0.293 e. The Labute approximate surface area is 186 Å². The quantitative estimate of drug-likeness (QED) is 0.394. The molecule has 0 atom stereocenters. The second kappa shape index (κ2) is 8.71. The van der Waals surface area contributed by atoms with Gasteiger partial charge in [0.2, 0.25) is 0 Å². The highest BCUT2D eigenvalue weighted by atomic mass is 35.5. The molecule has 0 saturated carbocycles. The largest absolute Gasteiger partial charge is 0.450 e. The van der Waals surface area contributed by atoms with Gasteiger partial charge in [-0.15, -0.1) is 0 Å². The van der Waals surface area contributed by atoms with E-state index in [0.29, 0.717) is 10.9 Å². The van der Waals surface area contributed by atoms with Gasteiger partial charge < -0.3 is 4.42 Å². The third kappa shape index (κ3) is 4.48. The van der Waals surface area contributed by atoms with E-state index in [1.807, 2.05) is 31.2 Å². The first kappa shape index (κ1) is 20.8. The fourth-order valence-electron chi connectivity index (χ4n) is 2.80. The van der Waals surface area contributed by atoms with E-state index in [2.05, 4.69) is 0 Å². The summed E-state index contributed by atoms with van der Waals surface area (Å²) >= 11 is 8.27. The van der Waals surface area contributed by atoms with E-state index in [4.69, 9.17) is 16.0 Å². The summed E-state index contributed by atoms with van der Waals surface area (Å²) in [6.07, 6.45) is 1.52. The first-order chi connectivity index (χ1) is 14.4. The number of furan rings is 1. The van der Waals surface area contributed by atoms with Gasteiger partial charge in [-0.1, -0.05) is 47.1 Å². The van der Waals surface area contributed by atoms with E-state index in [0.717, 1.165) is 21.6 Å². The monoisotopic (exact) mass is 459 g/mol. The molecule has 2 aromatic carbocycles. The highest BCUT2D eigenvalue weighted by molar-refractivity contribution is 8.18. The van der Waals surface area contributed by atoms with Gasteiger partial charge in [0, 0.05) is 21.6 Å². The number of benzene rings is 2. The van der Waals surface area contributed by atoms with Crippen LogP contribution in [0.3, 0.4) is 0 Å². The molecule has 2 amide bonds. The molecule has 0 N–H and O–H groups in total. The normalized spacial score (nSPS) is 15.4. The van der Waals surface area contributed by atoms with E-state index in [-0.39, 0.29) is 22.0 Å². The molecule has 1 aromatic heterocycles. The van der Waals surface area contributed by atoms with Gasteiger partial charge in [0.15, 0.2) is 5.09 Å². The Morgan fingerprint density at radius 1 is 1.13 bits per heavy atom. The predicted octanol–water partition coefficient (Wildman–Crippen LogP) is 6.77. The van der Waals surface area contributed by atoms with Crippen LogP contribution in [0.5, 0.6) is 0 Å². The zero-order chi connectivity index (χ0) is 21.3. The van der Waals surface area contributed by atoms with Crippen LogP contribution in [0, 0.1) is 12.7 Å². The fourth-order valence-corrected chi connectivity index (χ4v) is 4.62. The second-order valence-corrected chi connectivity index (χ2v) is 9.02. The van der Waals surface area contributed by atoms with Gasteiger partial charge in [-0.2, -0.15) is 0 Å². The SMILES string of the molecule is Cc1ccc(Sc2ccc(/C=C3/SC(=O)N(Cc4c(F)cccc4Cl)C3=O)o2)cc1. The van der Waals surface area contributed by atoms with Crippen LogP contribution in [0.4, 0.5) is 9.18 Å². The van der Waals surface area contributed by atoms with Crippen molar-refractivity contribution in [2.24, 2.45) is 0 Å². The van der Waals surface area contributed by atoms with E-state index in [9.17, 15) is 14.0 Å². The summed E-state index contributed by atoms with van der Waals surface area (Å²) in [6.45, 7) is 1.80. The summed E-state index contributed by atoms with van der Waals surface area (Å²) in [5, 5.41) is 0.357. The Kier molecular flexibility index (Phi) is 6.04. The van der Waals surface area contributed by atoms with E-state index in [1.54, 1.807) is 12.1 Å². The molecule has 1 aliphatic heterocycles. The summed E-state index contributed by atoms with van der Waals surface area (Å²) in [5.74, 6) is -0.609. The first-order valence-electron chi connectivity index (χ1n) is 8.93. The minimum Gasteiger partial charge on any atom is -0.450 e. The standard InChI is InChI=1S/C22H15ClFNO3S2/c1-13-5-8-15(9-6-13)29-20-10-7-14(28-20)11-19-21(26)25(22(27)30-19)12-16-17(23)3-2-4-18(16)24/h2-11H,12H2,1H3/b19-11+. The second-order valence-electron chi connectivity index (χ2n) is 6.54. The lowest BCUT2D eigenvalue weighted by Gasteiger charge is -2.14. The summed E-state index contributed by atoms with van der Waals surface area (Å²) in [5.41, 5.74) is 1.28. The maximum atomic E-state index is 14.0. The molecular formula is C22H15ClFNO3S2. The van der Waals surface area contributed by atoms with Crippen LogP contribution in [0.15, 0.2) is 73.9 Å². The minimum absolute atomic E-state index is 0.109. The number of rotatable bonds is 5. The van der Waals surface area contributed by atoms with Crippen molar-refractivity contribution >= 4 is 52.3 Å². The molecule has 152 valence electrons. The molecule has 0 bridgehead atoms. The van der Waals surface area contributed by atoms with Gasteiger partial charge in [0.05, 0.1) is 11.4 Å². The van der Waals surface area contributed by atoms with Crippen molar-refractivity contribution < 1.29 is 18.4 Å². The number of amides is 2. The molecule has 2 heterocycles. The van der Waals surface area contributed by atoms with Crippen LogP contribution in [0.25, 0.3) is 6.08 Å². The molecule has 1 fully saturated rings. The van der Waals surface area contributed by atoms with Crippen molar-refractivity contribution in [3.63, 3.8) is 0 Å². The summed E-state index contributed by atoms with van der Waals surface area (Å²) < 4.78 is 19.8. The molecule has 0 unspecified atom stereocenters. The Morgan fingerprint density at radius 2 is 1.90 bits per heavy atom. The maximum Gasteiger partial charge on any atom is 0.293 e. The molecular weight excluding hydrogens is 445 g/mol. The van der Waals surface area contributed by atoms with Crippen molar-refractivity contribution in [2.75, 3.05) is 0 Å². The van der Waals surface area contributed by atoms with Crippen LogP contribution in [-0.2, 0) is 11.3 Å². The molecule has 1 aliphatic rings. The third-order valence-electron chi connectivity index (χ3n) is 4.37. The Morgan fingerprint density at radius 3 is 2.63 bits per heavy atom. The van der Waals surface area contributed by atoms with Gasteiger partial charge in [-0.3, -0.25) is 14.5 Å². The maximum absolute atomic E-state index is 14.0. The topological polar surface area (TPSA) is 50.5 Å². The van der Waals surface area contributed by atoms with Crippen LogP contribution in [-0.4, -0.2) is 16.0 Å². The van der Waals surface area contributed by atoms with Crippen molar-refractivity contribution in [1.82, 2.24) is 4.90 Å². The van der Waals surface area contributed by atoms with Crippen molar-refractivity contribution in [2.45, 2.75) is 23.5 Å². The van der Waals surface area contributed by atoms with Crippen molar-refractivity contribution in [1.29, 1.82) is 0 Å². The highest BCUT2D eigenvalue weighted by Crippen LogP contribution is 2.36. The van der Waals surface area contributed by atoms with Crippen molar-refractivity contribution in [3.05, 3.63) is 87.2 Å². The van der Waals surface area contributed by atoms with Gasteiger partial charge in [-0.25, -0.2) is 4.39 Å². The van der Waals surface area contributed by atoms with E-state index >= 15 is 0 Å². The number of aryl methyl sites for hydroxylation is 1. The van der Waals surface area contributed by atoms with Crippen LogP contribution in [0.2, 0.25) is 5.02 Å². The molecule has 3 aromatic rings. The number of thioether (sulfide) groups is 1. The average Bonchev–Trinajstić information content (AvgIpc) is 3.25. The molecule has 4 nitrogen and oxygen atoms in total. The molecule has 1 saturated heterocycles. The molecule has 0 spiro atoms. The lowest BCUT2D eigenvalue weighted by Crippen LogP contribution is -2.28. The van der Waals surface area contributed by atoms with Gasteiger partial charge in [0.1, 0.15) is 11.6 Å². The first-order valence-corrected chi connectivity index (χ1v) is 10.9. The van der Waals surface area contributed by atoms with Crippen LogP contribution >= 0.6 is 35.1 Å². The van der Waals surface area contributed by atoms with E-state index in [1.165, 1.54) is 41.6 Å². The summed E-state index contributed by atoms with van der Waals surface area (Å²) in [7, 11) is 0. The lowest BCUT2D eigenvalue weighted by atomic mass is 10.2. The minimum atomic E-state index is -0.561. The third-order valence-corrected chi connectivity index (χ3v) is 6.56. The molecule has 30 heavy (non-hydrogen) atoms. The van der Waals surface area contributed by atoms with Crippen molar-refractivity contribution in [3.8, 4) is 0 Å². The fraction of sp³-hybridized carbons (Fsp3) is 0.0909. The molecule has 4 rings (SSSR count). The van der Waals surface area contributed by atoms with Gasteiger partial charge in [-0.05, 0) is 55.1 Å². The number of hydrogen-bond donors (Lipinski definition) is 0. The lowest BCUT2D eigenvalue weighted by molar-refractivity contribution is -0.123. The zero-order valence-electron chi connectivity index (χ0n) is 15.7. The number of imide groups is 1. The van der Waals surface area contributed by atoms with E-state index < -0.39 is 17.0 Å². The highest BCUT2D eigenvalue weighted by Gasteiger charge is 2.36. The Balaban J connectivity index is 1.49. The predicted molar refractivity (Wildman–Crippen MR) is 117 cm³/mol. The summed E-state index contributed by atoms with van der Waals surface area (Å²) in [6, 6.07) is 15.8.